The molecule has 0 bridgehead atoms. The first-order chi connectivity index (χ1) is 12.1. The zero-order valence-electron chi connectivity index (χ0n) is 14.8. The zero-order valence-corrected chi connectivity index (χ0v) is 14.8. The van der Waals surface area contributed by atoms with Gasteiger partial charge in [0.1, 0.15) is 5.82 Å². The third-order valence-electron chi connectivity index (χ3n) is 4.48. The second kappa shape index (κ2) is 7.51. The average Bonchev–Trinajstić information content (AvgIpc) is 2.63. The van der Waals surface area contributed by atoms with E-state index in [1.165, 1.54) is 4.68 Å². The van der Waals surface area contributed by atoms with E-state index in [0.717, 1.165) is 36.6 Å². The highest BCUT2D eigenvalue weighted by atomic mass is 16.2. The van der Waals surface area contributed by atoms with E-state index in [9.17, 15) is 9.59 Å². The fraction of sp³-hybridized carbons (Fsp3) is 0.421. The fourth-order valence-electron chi connectivity index (χ4n) is 3.00. The van der Waals surface area contributed by atoms with Crippen molar-refractivity contribution in [1.82, 2.24) is 14.7 Å². The molecular formula is C19H24N4O2. The Hall–Kier alpha value is -2.63. The summed E-state index contributed by atoms with van der Waals surface area (Å²) in [6, 6.07) is 11.0. The molecular weight excluding hydrogens is 316 g/mol. The molecule has 0 atom stereocenters. The first-order valence-electron chi connectivity index (χ1n) is 8.78. The lowest BCUT2D eigenvalue weighted by molar-refractivity contribution is -0.131. The van der Waals surface area contributed by atoms with E-state index in [-0.39, 0.29) is 11.5 Å². The highest BCUT2D eigenvalue weighted by molar-refractivity contribution is 5.76. The van der Waals surface area contributed by atoms with Crippen LogP contribution in [0.3, 0.4) is 0 Å². The molecule has 2 heterocycles. The second-order valence-corrected chi connectivity index (χ2v) is 6.39. The molecule has 1 aliphatic heterocycles. The normalized spacial score (nSPS) is 14.6. The van der Waals surface area contributed by atoms with E-state index in [1.54, 1.807) is 12.1 Å². The molecule has 6 heteroatoms. The largest absolute Gasteiger partial charge is 0.352 e. The van der Waals surface area contributed by atoms with Gasteiger partial charge >= 0.3 is 0 Å². The summed E-state index contributed by atoms with van der Waals surface area (Å²) in [5.74, 6) is 0.988. The second-order valence-electron chi connectivity index (χ2n) is 6.39. The molecule has 3 rings (SSSR count). The van der Waals surface area contributed by atoms with Crippen molar-refractivity contribution in [3.05, 3.63) is 52.3 Å². The Morgan fingerprint density at radius 3 is 2.36 bits per heavy atom. The highest BCUT2D eigenvalue weighted by Gasteiger charge is 2.21. The number of carbonyl (C=O) groups is 1. The smallest absolute Gasteiger partial charge is 0.271 e. The molecule has 0 aliphatic carbocycles. The summed E-state index contributed by atoms with van der Waals surface area (Å²) < 4.78 is 1.43. The van der Waals surface area contributed by atoms with Crippen LogP contribution in [0.1, 0.15) is 25.3 Å². The maximum atomic E-state index is 12.2. The zero-order chi connectivity index (χ0) is 17.8. The van der Waals surface area contributed by atoms with E-state index >= 15 is 0 Å². The predicted octanol–water partition coefficient (Wildman–Crippen LogP) is 1.99. The van der Waals surface area contributed by atoms with Crippen LogP contribution in [0.2, 0.25) is 0 Å². The monoisotopic (exact) mass is 340 g/mol. The summed E-state index contributed by atoms with van der Waals surface area (Å²) in [7, 11) is 0. The van der Waals surface area contributed by atoms with Crippen molar-refractivity contribution >= 4 is 11.7 Å². The molecule has 0 N–H and O–H groups in total. The van der Waals surface area contributed by atoms with Crippen molar-refractivity contribution in [2.45, 2.75) is 26.7 Å². The summed E-state index contributed by atoms with van der Waals surface area (Å²) in [5, 5.41) is 4.53. The molecule has 6 nitrogen and oxygen atoms in total. The molecule has 1 fully saturated rings. The molecule has 132 valence electrons. The molecule has 0 spiro atoms. The molecule has 0 saturated carbocycles. The minimum atomic E-state index is -0.149. The van der Waals surface area contributed by atoms with E-state index in [1.807, 2.05) is 43.0 Å². The van der Waals surface area contributed by atoms with Gasteiger partial charge in [-0.15, -0.1) is 5.10 Å². The van der Waals surface area contributed by atoms with Crippen molar-refractivity contribution in [3.63, 3.8) is 0 Å². The van der Waals surface area contributed by atoms with Crippen LogP contribution in [0.4, 0.5) is 5.82 Å². The number of aromatic nitrogens is 2. The van der Waals surface area contributed by atoms with Gasteiger partial charge in [0.05, 0.1) is 5.69 Å². The lowest BCUT2D eigenvalue weighted by Crippen LogP contribution is -2.49. The number of hydrogen-bond acceptors (Lipinski definition) is 4. The van der Waals surface area contributed by atoms with E-state index in [4.69, 9.17) is 0 Å². The average molecular weight is 340 g/mol. The maximum Gasteiger partial charge on any atom is 0.271 e. The SMILES string of the molecule is CCCC(=O)N1CCN(c2ccc(=O)n(-c3ccc(C)cc3)n2)CC1. The van der Waals surface area contributed by atoms with Crippen LogP contribution < -0.4 is 10.5 Å². The van der Waals surface area contributed by atoms with Crippen LogP contribution in [-0.2, 0) is 4.79 Å². The molecule has 1 aliphatic rings. The van der Waals surface area contributed by atoms with Crippen LogP contribution in [-0.4, -0.2) is 46.8 Å². The Morgan fingerprint density at radius 2 is 1.72 bits per heavy atom. The summed E-state index contributed by atoms with van der Waals surface area (Å²) in [4.78, 5) is 28.2. The Balaban J connectivity index is 1.76. The molecule has 25 heavy (non-hydrogen) atoms. The van der Waals surface area contributed by atoms with Crippen molar-refractivity contribution < 1.29 is 4.79 Å². The Labute approximate surface area is 147 Å². The Kier molecular flexibility index (Phi) is 5.16. The van der Waals surface area contributed by atoms with Gasteiger partial charge < -0.3 is 9.80 Å². The summed E-state index contributed by atoms with van der Waals surface area (Å²) in [6.45, 7) is 6.89. The van der Waals surface area contributed by atoms with Gasteiger partial charge in [-0.2, -0.15) is 4.68 Å². The van der Waals surface area contributed by atoms with Crippen molar-refractivity contribution in [1.29, 1.82) is 0 Å². The van der Waals surface area contributed by atoms with Gasteiger partial charge in [0.25, 0.3) is 5.56 Å². The van der Waals surface area contributed by atoms with Gasteiger partial charge in [0.15, 0.2) is 0 Å². The topological polar surface area (TPSA) is 58.4 Å². The summed E-state index contributed by atoms with van der Waals surface area (Å²) >= 11 is 0. The van der Waals surface area contributed by atoms with Gasteiger partial charge in [-0.1, -0.05) is 24.6 Å². The first-order valence-corrected chi connectivity index (χ1v) is 8.78. The number of benzene rings is 1. The van der Waals surface area contributed by atoms with Crippen LogP contribution in [0, 0.1) is 6.92 Å². The van der Waals surface area contributed by atoms with Gasteiger partial charge in [0.2, 0.25) is 5.91 Å². The molecule has 1 amide bonds. The number of anilines is 1. The molecule has 1 aromatic heterocycles. The molecule has 2 aromatic rings. The number of piperazine rings is 1. The molecule has 0 unspecified atom stereocenters. The number of carbonyl (C=O) groups excluding carboxylic acids is 1. The van der Waals surface area contributed by atoms with Crippen LogP contribution >= 0.6 is 0 Å². The minimum Gasteiger partial charge on any atom is -0.352 e. The molecule has 1 saturated heterocycles. The van der Waals surface area contributed by atoms with E-state index < -0.39 is 0 Å². The van der Waals surface area contributed by atoms with Gasteiger partial charge in [-0.25, -0.2) is 0 Å². The summed E-state index contributed by atoms with van der Waals surface area (Å²) in [6.07, 6.45) is 1.48. The van der Waals surface area contributed by atoms with E-state index in [2.05, 4.69) is 10.00 Å². The van der Waals surface area contributed by atoms with Crippen LogP contribution in [0.15, 0.2) is 41.2 Å². The number of hydrogen-bond donors (Lipinski definition) is 0. The van der Waals surface area contributed by atoms with Gasteiger partial charge in [-0.3, -0.25) is 9.59 Å². The number of aryl methyl sites for hydroxylation is 1. The van der Waals surface area contributed by atoms with Crippen LogP contribution in [0.25, 0.3) is 5.69 Å². The van der Waals surface area contributed by atoms with Crippen molar-refractivity contribution in [3.8, 4) is 5.69 Å². The van der Waals surface area contributed by atoms with Gasteiger partial charge in [-0.05, 0) is 31.5 Å². The van der Waals surface area contributed by atoms with E-state index in [0.29, 0.717) is 19.5 Å². The van der Waals surface area contributed by atoms with Gasteiger partial charge in [0, 0.05) is 38.7 Å². The molecule has 0 radical (unpaired) electrons. The van der Waals surface area contributed by atoms with Crippen molar-refractivity contribution in [2.75, 3.05) is 31.1 Å². The number of rotatable bonds is 4. The minimum absolute atomic E-state index is 0.149. The number of nitrogens with zero attached hydrogens (tertiary/aromatic N) is 4. The fourth-order valence-corrected chi connectivity index (χ4v) is 3.00. The predicted molar refractivity (Wildman–Crippen MR) is 98.3 cm³/mol. The Morgan fingerprint density at radius 1 is 1.04 bits per heavy atom. The lowest BCUT2D eigenvalue weighted by Gasteiger charge is -2.35. The standard InChI is InChI=1S/C19H24N4O2/c1-3-4-18(24)22-13-11-21(12-14-22)17-9-10-19(25)23(20-17)16-7-5-15(2)6-8-16/h5-10H,3-4,11-14H2,1-2H3. The quantitative estimate of drug-likeness (QED) is 0.854. The maximum absolute atomic E-state index is 12.2. The summed E-state index contributed by atoms with van der Waals surface area (Å²) in [5.41, 5.74) is 1.75. The van der Waals surface area contributed by atoms with Crippen molar-refractivity contribution in [2.24, 2.45) is 0 Å². The number of amides is 1. The third-order valence-corrected chi connectivity index (χ3v) is 4.48. The lowest BCUT2D eigenvalue weighted by atomic mass is 10.2. The highest BCUT2D eigenvalue weighted by Crippen LogP contribution is 2.14. The molecule has 1 aromatic carbocycles. The Bertz CT molecular complexity index is 790. The first kappa shape index (κ1) is 17.2. The third kappa shape index (κ3) is 3.90. The van der Waals surface area contributed by atoms with Crippen LogP contribution in [0.5, 0.6) is 0 Å².